The number of ether oxygens (including phenoxy) is 1. The molecule has 0 saturated carbocycles. The van der Waals surface area contributed by atoms with E-state index in [1.54, 1.807) is 7.11 Å². The number of hydrogen-bond donors (Lipinski definition) is 2. The third kappa shape index (κ3) is 7.04. The predicted molar refractivity (Wildman–Crippen MR) is 103 cm³/mol. The fourth-order valence-corrected chi connectivity index (χ4v) is 3.36. The van der Waals surface area contributed by atoms with Crippen molar-refractivity contribution in [1.29, 1.82) is 0 Å². The first-order chi connectivity index (χ1) is 12.1. The summed E-state index contributed by atoms with van der Waals surface area (Å²) in [6, 6.07) is 8.31. The topological polar surface area (TPSA) is 53.6 Å². The van der Waals surface area contributed by atoms with Crippen LogP contribution in [-0.4, -0.2) is 49.6 Å². The molecule has 140 valence electrons. The van der Waals surface area contributed by atoms with Crippen LogP contribution < -0.4 is 15.4 Å². The van der Waals surface area contributed by atoms with Gasteiger partial charge in [0.05, 0.1) is 7.11 Å². The van der Waals surface area contributed by atoms with Gasteiger partial charge in [-0.2, -0.15) is 0 Å². The summed E-state index contributed by atoms with van der Waals surface area (Å²) in [5.74, 6) is 0.825. The average molecular weight is 348 g/mol. The van der Waals surface area contributed by atoms with Crippen LogP contribution in [0.4, 0.5) is 5.69 Å². The molecular weight excluding hydrogens is 314 g/mol. The molecule has 0 radical (unpaired) electrons. The van der Waals surface area contributed by atoms with Crippen LogP contribution in [-0.2, 0) is 4.79 Å². The molecule has 0 bridgehead atoms. The van der Waals surface area contributed by atoms with Crippen LogP contribution in [0.2, 0.25) is 0 Å². The van der Waals surface area contributed by atoms with Crippen LogP contribution in [0.25, 0.3) is 0 Å². The van der Waals surface area contributed by atoms with E-state index in [1.165, 1.54) is 25.8 Å². The molecule has 1 amide bonds. The standard InChI is InChI=1S/C20H33N3O2/c1-16(21-12-6-14-23-13-5-4-7-17(23)2)15-20(24)22-18-8-10-19(25-3)11-9-18/h8-11,16-17,21H,4-7,12-15H2,1-3H3,(H,22,24)/t16-,17+/m0/s1. The van der Waals surface area contributed by atoms with Crippen molar-refractivity contribution < 1.29 is 9.53 Å². The SMILES string of the molecule is COc1ccc(NC(=O)C[C@H](C)NCCCN2CCCC[C@H]2C)cc1. The zero-order valence-electron chi connectivity index (χ0n) is 15.9. The van der Waals surface area contributed by atoms with Gasteiger partial charge in [-0.25, -0.2) is 0 Å². The largest absolute Gasteiger partial charge is 0.497 e. The quantitative estimate of drug-likeness (QED) is 0.673. The van der Waals surface area contributed by atoms with E-state index in [2.05, 4.69) is 29.4 Å². The van der Waals surface area contributed by atoms with Crippen LogP contribution in [0.1, 0.15) is 46.0 Å². The average Bonchev–Trinajstić information content (AvgIpc) is 2.60. The molecule has 0 aliphatic carbocycles. The van der Waals surface area contributed by atoms with E-state index < -0.39 is 0 Å². The highest BCUT2D eigenvalue weighted by molar-refractivity contribution is 5.91. The summed E-state index contributed by atoms with van der Waals surface area (Å²) < 4.78 is 5.12. The van der Waals surface area contributed by atoms with Crippen molar-refractivity contribution in [2.24, 2.45) is 0 Å². The number of anilines is 1. The molecule has 25 heavy (non-hydrogen) atoms. The molecule has 2 atom stereocenters. The van der Waals surface area contributed by atoms with Gasteiger partial charge in [-0.15, -0.1) is 0 Å². The number of hydrogen-bond acceptors (Lipinski definition) is 4. The molecule has 1 heterocycles. The first kappa shape index (κ1) is 19.7. The molecule has 1 aromatic rings. The van der Waals surface area contributed by atoms with Gasteiger partial charge in [-0.1, -0.05) is 6.42 Å². The Labute approximate surface area is 152 Å². The lowest BCUT2D eigenvalue weighted by Gasteiger charge is -2.33. The Bertz CT molecular complexity index is 518. The molecule has 2 rings (SSSR count). The second-order valence-corrected chi connectivity index (χ2v) is 7.07. The number of rotatable bonds is 9. The summed E-state index contributed by atoms with van der Waals surface area (Å²) in [6.45, 7) is 7.75. The number of piperidine rings is 1. The molecule has 1 saturated heterocycles. The number of amides is 1. The summed E-state index contributed by atoms with van der Waals surface area (Å²) in [7, 11) is 1.63. The summed E-state index contributed by atoms with van der Waals surface area (Å²) in [4.78, 5) is 14.7. The number of nitrogens with zero attached hydrogens (tertiary/aromatic N) is 1. The fraction of sp³-hybridized carbons (Fsp3) is 0.650. The first-order valence-electron chi connectivity index (χ1n) is 9.50. The highest BCUT2D eigenvalue weighted by Gasteiger charge is 2.17. The number of carbonyl (C=O) groups excluding carboxylic acids is 1. The number of benzene rings is 1. The molecule has 5 heteroatoms. The molecule has 0 unspecified atom stereocenters. The molecule has 5 nitrogen and oxygen atoms in total. The van der Waals surface area contributed by atoms with Crippen molar-refractivity contribution >= 4 is 11.6 Å². The Kier molecular flexibility index (Phi) is 8.22. The van der Waals surface area contributed by atoms with E-state index >= 15 is 0 Å². The lowest BCUT2D eigenvalue weighted by Crippen LogP contribution is -2.39. The van der Waals surface area contributed by atoms with Crippen molar-refractivity contribution in [2.45, 2.75) is 58.0 Å². The molecular formula is C20H33N3O2. The van der Waals surface area contributed by atoms with Gasteiger partial charge in [0.25, 0.3) is 0 Å². The number of methoxy groups -OCH3 is 1. The Hall–Kier alpha value is -1.59. The van der Waals surface area contributed by atoms with Crippen molar-refractivity contribution in [3.63, 3.8) is 0 Å². The maximum Gasteiger partial charge on any atom is 0.225 e. The molecule has 0 aromatic heterocycles. The van der Waals surface area contributed by atoms with E-state index in [9.17, 15) is 4.79 Å². The third-order valence-electron chi connectivity index (χ3n) is 4.92. The van der Waals surface area contributed by atoms with E-state index in [0.29, 0.717) is 6.42 Å². The van der Waals surface area contributed by atoms with Gasteiger partial charge in [0.1, 0.15) is 5.75 Å². The van der Waals surface area contributed by atoms with Crippen molar-refractivity contribution in [3.05, 3.63) is 24.3 Å². The highest BCUT2D eigenvalue weighted by Crippen LogP contribution is 2.16. The molecule has 1 aromatic carbocycles. The number of likely N-dealkylation sites (tertiary alicyclic amines) is 1. The van der Waals surface area contributed by atoms with Gasteiger partial charge in [0.2, 0.25) is 5.91 Å². The Balaban J connectivity index is 1.60. The summed E-state index contributed by atoms with van der Waals surface area (Å²) >= 11 is 0. The predicted octanol–water partition coefficient (Wildman–Crippen LogP) is 3.27. The van der Waals surface area contributed by atoms with Gasteiger partial charge < -0.3 is 20.3 Å². The summed E-state index contributed by atoms with van der Waals surface area (Å²) in [6.07, 6.45) is 5.65. The lowest BCUT2D eigenvalue weighted by molar-refractivity contribution is -0.116. The first-order valence-corrected chi connectivity index (χ1v) is 9.50. The smallest absolute Gasteiger partial charge is 0.225 e. The van der Waals surface area contributed by atoms with Crippen LogP contribution >= 0.6 is 0 Å². The minimum atomic E-state index is 0.0369. The monoisotopic (exact) mass is 347 g/mol. The fourth-order valence-electron chi connectivity index (χ4n) is 3.36. The minimum Gasteiger partial charge on any atom is -0.497 e. The zero-order chi connectivity index (χ0) is 18.1. The van der Waals surface area contributed by atoms with Crippen LogP contribution in [0, 0.1) is 0 Å². The van der Waals surface area contributed by atoms with Gasteiger partial charge in [-0.05, 0) is 77.0 Å². The maximum atomic E-state index is 12.1. The normalized spacial score (nSPS) is 19.4. The minimum absolute atomic E-state index is 0.0369. The Morgan fingerprint density at radius 3 is 2.76 bits per heavy atom. The lowest BCUT2D eigenvalue weighted by atomic mass is 10.0. The summed E-state index contributed by atoms with van der Waals surface area (Å²) in [5, 5.41) is 6.39. The van der Waals surface area contributed by atoms with Crippen molar-refractivity contribution in [2.75, 3.05) is 32.1 Å². The van der Waals surface area contributed by atoms with E-state index in [0.717, 1.165) is 37.0 Å². The van der Waals surface area contributed by atoms with Crippen LogP contribution in [0.3, 0.4) is 0 Å². The third-order valence-corrected chi connectivity index (χ3v) is 4.92. The zero-order valence-corrected chi connectivity index (χ0v) is 15.9. The van der Waals surface area contributed by atoms with Gasteiger partial charge in [0.15, 0.2) is 0 Å². The second-order valence-electron chi connectivity index (χ2n) is 7.07. The second kappa shape index (κ2) is 10.4. The maximum absolute atomic E-state index is 12.1. The van der Waals surface area contributed by atoms with Crippen LogP contribution in [0.5, 0.6) is 5.75 Å². The number of carbonyl (C=O) groups is 1. The van der Waals surface area contributed by atoms with Crippen molar-refractivity contribution in [1.82, 2.24) is 10.2 Å². The van der Waals surface area contributed by atoms with E-state index in [4.69, 9.17) is 4.74 Å². The Morgan fingerprint density at radius 1 is 1.32 bits per heavy atom. The van der Waals surface area contributed by atoms with Crippen LogP contribution in [0.15, 0.2) is 24.3 Å². The van der Waals surface area contributed by atoms with E-state index in [-0.39, 0.29) is 11.9 Å². The molecule has 1 aliphatic rings. The molecule has 2 N–H and O–H groups in total. The van der Waals surface area contributed by atoms with Crippen molar-refractivity contribution in [3.8, 4) is 5.75 Å². The molecule has 1 aliphatic heterocycles. The highest BCUT2D eigenvalue weighted by atomic mass is 16.5. The van der Waals surface area contributed by atoms with E-state index in [1.807, 2.05) is 24.3 Å². The molecule has 0 spiro atoms. The van der Waals surface area contributed by atoms with Gasteiger partial charge in [0, 0.05) is 24.2 Å². The van der Waals surface area contributed by atoms with Gasteiger partial charge >= 0.3 is 0 Å². The Morgan fingerprint density at radius 2 is 2.08 bits per heavy atom. The summed E-state index contributed by atoms with van der Waals surface area (Å²) in [5.41, 5.74) is 0.803. The molecule has 1 fully saturated rings. The van der Waals surface area contributed by atoms with Gasteiger partial charge in [-0.3, -0.25) is 4.79 Å². The number of nitrogens with one attached hydrogen (secondary N) is 2.